The minimum Gasteiger partial charge on any atom is -0.496 e. The quantitative estimate of drug-likeness (QED) is 0.508. The van der Waals surface area contributed by atoms with E-state index in [4.69, 9.17) is 16.3 Å². The van der Waals surface area contributed by atoms with Crippen LogP contribution in [0.3, 0.4) is 0 Å². The number of rotatable bonds is 0. The van der Waals surface area contributed by atoms with Crippen LogP contribution in [-0.4, -0.2) is 17.3 Å². The number of ketones is 1. The third-order valence-corrected chi connectivity index (χ3v) is 3.82. The molecule has 0 aromatic carbocycles. The highest BCUT2D eigenvalue weighted by atomic mass is 127. The van der Waals surface area contributed by atoms with E-state index < -0.39 is 0 Å². The smallest absolute Gasteiger partial charge is 0.178 e. The van der Waals surface area contributed by atoms with Gasteiger partial charge in [-0.1, -0.05) is 0 Å². The summed E-state index contributed by atoms with van der Waals surface area (Å²) >= 11 is 8.04. The SMILES string of the molecule is O=C1C(I)=COC2CCC(Cl)CC12. The first kappa shape index (κ1) is 9.77. The lowest BCUT2D eigenvalue weighted by molar-refractivity contribution is -0.125. The highest BCUT2D eigenvalue weighted by Crippen LogP contribution is 2.36. The third kappa shape index (κ3) is 1.86. The van der Waals surface area contributed by atoms with E-state index in [0.717, 1.165) is 19.3 Å². The van der Waals surface area contributed by atoms with Crippen molar-refractivity contribution >= 4 is 40.0 Å². The molecule has 0 aromatic rings. The second-order valence-corrected chi connectivity index (χ2v) is 5.30. The van der Waals surface area contributed by atoms with Crippen LogP contribution in [0.25, 0.3) is 0 Å². The number of halogens is 2. The van der Waals surface area contributed by atoms with Crippen molar-refractivity contribution in [2.75, 3.05) is 0 Å². The van der Waals surface area contributed by atoms with Gasteiger partial charge in [0, 0.05) is 5.38 Å². The van der Waals surface area contributed by atoms with Crippen LogP contribution in [0.5, 0.6) is 0 Å². The van der Waals surface area contributed by atoms with Crippen molar-refractivity contribution in [3.63, 3.8) is 0 Å². The van der Waals surface area contributed by atoms with E-state index in [-0.39, 0.29) is 23.2 Å². The average Bonchev–Trinajstić information content (AvgIpc) is 2.12. The zero-order chi connectivity index (χ0) is 9.42. The van der Waals surface area contributed by atoms with E-state index in [9.17, 15) is 4.79 Å². The summed E-state index contributed by atoms with van der Waals surface area (Å²) in [5.74, 6) is 0.218. The van der Waals surface area contributed by atoms with Crippen LogP contribution >= 0.6 is 34.2 Å². The summed E-state index contributed by atoms with van der Waals surface area (Å²) in [7, 11) is 0. The monoisotopic (exact) mass is 312 g/mol. The molecule has 72 valence electrons. The van der Waals surface area contributed by atoms with Gasteiger partial charge in [-0.15, -0.1) is 11.6 Å². The topological polar surface area (TPSA) is 26.3 Å². The Morgan fingerprint density at radius 3 is 3.08 bits per heavy atom. The second kappa shape index (κ2) is 3.77. The van der Waals surface area contributed by atoms with E-state index in [0.29, 0.717) is 3.58 Å². The van der Waals surface area contributed by atoms with Gasteiger partial charge < -0.3 is 4.74 Å². The molecule has 0 aromatic heterocycles. The fraction of sp³-hybridized carbons (Fsp3) is 0.667. The van der Waals surface area contributed by atoms with Crippen LogP contribution < -0.4 is 0 Å². The van der Waals surface area contributed by atoms with Gasteiger partial charge in [0.25, 0.3) is 0 Å². The van der Waals surface area contributed by atoms with Gasteiger partial charge in [-0.2, -0.15) is 0 Å². The zero-order valence-electron chi connectivity index (χ0n) is 7.00. The third-order valence-electron chi connectivity index (χ3n) is 2.64. The van der Waals surface area contributed by atoms with Crippen molar-refractivity contribution in [3.8, 4) is 0 Å². The Kier molecular flexibility index (Phi) is 2.83. The molecule has 0 spiro atoms. The Morgan fingerprint density at radius 1 is 1.54 bits per heavy atom. The highest BCUT2D eigenvalue weighted by Gasteiger charge is 2.38. The van der Waals surface area contributed by atoms with Gasteiger partial charge in [-0.25, -0.2) is 0 Å². The second-order valence-electron chi connectivity index (χ2n) is 3.52. The van der Waals surface area contributed by atoms with Gasteiger partial charge in [0.1, 0.15) is 12.4 Å². The minimum atomic E-state index is 0.00755. The molecule has 3 unspecified atom stereocenters. The Bertz CT molecular complexity index is 264. The maximum atomic E-state index is 11.7. The molecule has 3 atom stereocenters. The highest BCUT2D eigenvalue weighted by molar-refractivity contribution is 14.1. The summed E-state index contributed by atoms with van der Waals surface area (Å²) < 4.78 is 6.16. The zero-order valence-corrected chi connectivity index (χ0v) is 9.92. The Labute approximate surface area is 95.8 Å². The number of hydrogen-bond acceptors (Lipinski definition) is 2. The molecule has 1 heterocycles. The van der Waals surface area contributed by atoms with Crippen LogP contribution in [0.1, 0.15) is 19.3 Å². The molecule has 1 saturated carbocycles. The number of allylic oxidation sites excluding steroid dienone is 1. The number of carbonyl (C=O) groups is 1. The summed E-state index contributed by atoms with van der Waals surface area (Å²) in [4.78, 5) is 11.7. The molecule has 1 aliphatic carbocycles. The molecule has 0 N–H and O–H groups in total. The summed E-state index contributed by atoms with van der Waals surface area (Å²) in [6, 6.07) is 0. The van der Waals surface area contributed by atoms with E-state index in [1.54, 1.807) is 6.26 Å². The van der Waals surface area contributed by atoms with E-state index in [1.807, 2.05) is 22.6 Å². The summed E-state index contributed by atoms with van der Waals surface area (Å²) in [5, 5.41) is 0.149. The molecule has 2 rings (SSSR count). The molecular weight excluding hydrogens is 302 g/mol. The number of ether oxygens (including phenoxy) is 1. The molecule has 0 amide bonds. The number of Topliss-reactive ketones (excluding diaryl/α,β-unsaturated/α-hetero) is 1. The summed E-state index contributed by atoms with van der Waals surface area (Å²) in [6.45, 7) is 0. The Balaban J connectivity index is 2.17. The molecule has 2 aliphatic rings. The largest absolute Gasteiger partial charge is 0.496 e. The Hall–Kier alpha value is 0.230. The molecule has 0 radical (unpaired) electrons. The first-order valence-corrected chi connectivity index (χ1v) is 5.89. The standard InChI is InChI=1S/C9H10ClIO2/c10-5-1-2-8-6(3-5)9(12)7(11)4-13-8/h4-6,8H,1-3H2. The van der Waals surface area contributed by atoms with Gasteiger partial charge in [0.05, 0.1) is 9.50 Å². The van der Waals surface area contributed by atoms with Gasteiger partial charge >= 0.3 is 0 Å². The van der Waals surface area contributed by atoms with Gasteiger partial charge in [-0.05, 0) is 41.9 Å². The van der Waals surface area contributed by atoms with Crippen LogP contribution in [-0.2, 0) is 9.53 Å². The minimum absolute atomic E-state index is 0.00755. The fourth-order valence-corrected chi connectivity index (χ4v) is 2.78. The molecule has 0 bridgehead atoms. The van der Waals surface area contributed by atoms with E-state index in [2.05, 4.69) is 0 Å². The lowest BCUT2D eigenvalue weighted by Crippen LogP contribution is -2.38. The summed E-state index contributed by atoms with van der Waals surface area (Å²) in [6.07, 6.45) is 4.30. The number of fused-ring (bicyclic) bond motifs is 1. The van der Waals surface area contributed by atoms with E-state index in [1.165, 1.54) is 0 Å². The van der Waals surface area contributed by atoms with Crippen molar-refractivity contribution in [1.82, 2.24) is 0 Å². The molecule has 1 aliphatic heterocycles. The predicted molar refractivity (Wildman–Crippen MR) is 59.0 cm³/mol. The fourth-order valence-electron chi connectivity index (χ4n) is 1.91. The normalized spacial score (nSPS) is 39.1. The van der Waals surface area contributed by atoms with Gasteiger partial charge in [0.15, 0.2) is 5.78 Å². The van der Waals surface area contributed by atoms with Crippen molar-refractivity contribution in [2.45, 2.75) is 30.7 Å². The van der Waals surface area contributed by atoms with Crippen LogP contribution in [0.15, 0.2) is 9.84 Å². The maximum absolute atomic E-state index is 11.7. The predicted octanol–water partition coefficient (Wildman–Crippen LogP) is 2.64. The molecule has 2 nitrogen and oxygen atoms in total. The van der Waals surface area contributed by atoms with Gasteiger partial charge in [0.2, 0.25) is 0 Å². The lowest BCUT2D eigenvalue weighted by atomic mass is 9.82. The number of hydrogen-bond donors (Lipinski definition) is 0. The first-order valence-electron chi connectivity index (χ1n) is 4.38. The van der Waals surface area contributed by atoms with Crippen molar-refractivity contribution < 1.29 is 9.53 Å². The maximum Gasteiger partial charge on any atom is 0.178 e. The lowest BCUT2D eigenvalue weighted by Gasteiger charge is -2.34. The van der Waals surface area contributed by atoms with E-state index >= 15 is 0 Å². The van der Waals surface area contributed by atoms with Crippen molar-refractivity contribution in [2.24, 2.45) is 5.92 Å². The molecular formula is C9H10ClIO2. The van der Waals surface area contributed by atoms with Gasteiger partial charge in [-0.3, -0.25) is 4.79 Å². The van der Waals surface area contributed by atoms with Crippen LogP contribution in [0, 0.1) is 5.92 Å². The Morgan fingerprint density at radius 2 is 2.31 bits per heavy atom. The van der Waals surface area contributed by atoms with Crippen LogP contribution in [0.2, 0.25) is 0 Å². The van der Waals surface area contributed by atoms with Crippen molar-refractivity contribution in [1.29, 1.82) is 0 Å². The van der Waals surface area contributed by atoms with Crippen molar-refractivity contribution in [3.05, 3.63) is 9.84 Å². The molecule has 4 heteroatoms. The number of alkyl halides is 1. The average molecular weight is 313 g/mol. The summed E-state index contributed by atoms with van der Waals surface area (Å²) in [5.41, 5.74) is 0. The first-order chi connectivity index (χ1) is 6.18. The molecule has 1 fully saturated rings. The molecule has 0 saturated heterocycles. The molecule has 13 heavy (non-hydrogen) atoms. The number of carbonyl (C=O) groups excluding carboxylic acids is 1. The van der Waals surface area contributed by atoms with Crippen LogP contribution in [0.4, 0.5) is 0 Å².